The molecule has 0 aliphatic heterocycles. The standard InChI is InChI=1S/C15H24N2O3/c1-9-7-8-12(20-9)10(2)16-13(18)11(3)17-14(19)15(4,5)6/h7-8,10-11H,1-6H3,(H,16,18)(H,17,19). The van der Waals surface area contributed by atoms with Crippen LogP contribution >= 0.6 is 0 Å². The minimum Gasteiger partial charge on any atom is -0.464 e. The first-order valence-electron chi connectivity index (χ1n) is 6.79. The van der Waals surface area contributed by atoms with Crippen molar-refractivity contribution in [2.75, 3.05) is 0 Å². The predicted molar refractivity (Wildman–Crippen MR) is 77.1 cm³/mol. The molecule has 0 aromatic carbocycles. The zero-order valence-electron chi connectivity index (χ0n) is 13.0. The average molecular weight is 280 g/mol. The molecule has 0 saturated heterocycles. The molecule has 1 heterocycles. The maximum atomic E-state index is 12.0. The molecule has 0 aliphatic rings. The highest BCUT2D eigenvalue weighted by Gasteiger charge is 2.25. The molecule has 20 heavy (non-hydrogen) atoms. The number of carbonyl (C=O) groups excluding carboxylic acids is 2. The summed E-state index contributed by atoms with van der Waals surface area (Å²) in [5.41, 5.74) is -0.516. The van der Waals surface area contributed by atoms with Gasteiger partial charge in [0.2, 0.25) is 11.8 Å². The molecule has 0 aliphatic carbocycles. The number of hydrogen-bond acceptors (Lipinski definition) is 3. The fourth-order valence-electron chi connectivity index (χ4n) is 1.57. The van der Waals surface area contributed by atoms with Gasteiger partial charge >= 0.3 is 0 Å². The van der Waals surface area contributed by atoms with Crippen LogP contribution in [0.3, 0.4) is 0 Å². The molecule has 0 bridgehead atoms. The van der Waals surface area contributed by atoms with Crippen molar-refractivity contribution in [1.82, 2.24) is 10.6 Å². The summed E-state index contributed by atoms with van der Waals surface area (Å²) in [5, 5.41) is 5.52. The molecule has 112 valence electrons. The lowest BCUT2D eigenvalue weighted by atomic mass is 9.95. The van der Waals surface area contributed by atoms with Gasteiger partial charge in [-0.15, -0.1) is 0 Å². The summed E-state index contributed by atoms with van der Waals surface area (Å²) in [7, 11) is 0. The Hall–Kier alpha value is -1.78. The van der Waals surface area contributed by atoms with Crippen LogP contribution < -0.4 is 10.6 Å². The Balaban J connectivity index is 2.56. The second-order valence-corrected chi connectivity index (χ2v) is 6.12. The first kappa shape index (κ1) is 16.3. The SMILES string of the molecule is Cc1ccc(C(C)NC(=O)C(C)NC(=O)C(C)(C)C)o1. The Bertz CT molecular complexity index is 486. The van der Waals surface area contributed by atoms with Gasteiger partial charge in [-0.05, 0) is 32.9 Å². The van der Waals surface area contributed by atoms with Gasteiger partial charge in [-0.3, -0.25) is 9.59 Å². The van der Waals surface area contributed by atoms with E-state index in [1.54, 1.807) is 27.7 Å². The van der Waals surface area contributed by atoms with Gasteiger partial charge < -0.3 is 15.1 Å². The monoisotopic (exact) mass is 280 g/mol. The van der Waals surface area contributed by atoms with Crippen LogP contribution in [0.4, 0.5) is 0 Å². The Morgan fingerprint density at radius 3 is 2.20 bits per heavy atom. The van der Waals surface area contributed by atoms with Crippen molar-refractivity contribution in [3.05, 3.63) is 23.7 Å². The third kappa shape index (κ3) is 4.40. The van der Waals surface area contributed by atoms with Crippen LogP contribution in [0.1, 0.15) is 52.2 Å². The molecule has 5 heteroatoms. The van der Waals surface area contributed by atoms with E-state index in [4.69, 9.17) is 4.42 Å². The van der Waals surface area contributed by atoms with E-state index in [1.807, 2.05) is 26.0 Å². The van der Waals surface area contributed by atoms with Gasteiger partial charge in [0.1, 0.15) is 17.6 Å². The smallest absolute Gasteiger partial charge is 0.242 e. The van der Waals surface area contributed by atoms with Gasteiger partial charge in [0.15, 0.2) is 0 Å². The van der Waals surface area contributed by atoms with E-state index < -0.39 is 11.5 Å². The lowest BCUT2D eigenvalue weighted by Crippen LogP contribution is -2.48. The van der Waals surface area contributed by atoms with Crippen molar-refractivity contribution in [3.63, 3.8) is 0 Å². The van der Waals surface area contributed by atoms with Crippen molar-refractivity contribution >= 4 is 11.8 Å². The largest absolute Gasteiger partial charge is 0.464 e. The summed E-state index contributed by atoms with van der Waals surface area (Å²) < 4.78 is 5.46. The lowest BCUT2D eigenvalue weighted by Gasteiger charge is -2.22. The number of amides is 2. The summed E-state index contributed by atoms with van der Waals surface area (Å²) in [5.74, 6) is 1.12. The molecule has 2 amide bonds. The van der Waals surface area contributed by atoms with Crippen LogP contribution in [0.5, 0.6) is 0 Å². The van der Waals surface area contributed by atoms with Crippen molar-refractivity contribution in [2.24, 2.45) is 5.41 Å². The van der Waals surface area contributed by atoms with E-state index >= 15 is 0 Å². The van der Waals surface area contributed by atoms with Crippen LogP contribution in [0.15, 0.2) is 16.5 Å². The van der Waals surface area contributed by atoms with Gasteiger partial charge in [0.25, 0.3) is 0 Å². The second-order valence-electron chi connectivity index (χ2n) is 6.12. The molecule has 0 fully saturated rings. The van der Waals surface area contributed by atoms with Crippen LogP contribution in [-0.2, 0) is 9.59 Å². The number of hydrogen-bond donors (Lipinski definition) is 2. The molecule has 1 aromatic rings. The quantitative estimate of drug-likeness (QED) is 0.889. The molecule has 0 saturated carbocycles. The summed E-state index contributed by atoms with van der Waals surface area (Å²) in [6, 6.07) is 2.87. The fraction of sp³-hybridized carbons (Fsp3) is 0.600. The summed E-state index contributed by atoms with van der Waals surface area (Å²) in [6.45, 7) is 10.8. The first-order chi connectivity index (χ1) is 9.11. The Morgan fingerprint density at radius 1 is 1.15 bits per heavy atom. The normalized spacial score (nSPS) is 14.5. The van der Waals surface area contributed by atoms with E-state index in [9.17, 15) is 9.59 Å². The second kappa shape index (κ2) is 6.11. The molecular formula is C15H24N2O3. The molecule has 5 nitrogen and oxygen atoms in total. The zero-order valence-corrected chi connectivity index (χ0v) is 13.0. The number of nitrogens with one attached hydrogen (secondary N) is 2. The minimum atomic E-state index is -0.583. The van der Waals surface area contributed by atoms with Crippen LogP contribution in [0.2, 0.25) is 0 Å². The van der Waals surface area contributed by atoms with Crippen molar-refractivity contribution in [3.8, 4) is 0 Å². The first-order valence-corrected chi connectivity index (χ1v) is 6.79. The van der Waals surface area contributed by atoms with E-state index in [-0.39, 0.29) is 17.9 Å². The molecular weight excluding hydrogens is 256 g/mol. The van der Waals surface area contributed by atoms with Crippen LogP contribution in [-0.4, -0.2) is 17.9 Å². The summed E-state index contributed by atoms with van der Waals surface area (Å²) in [4.78, 5) is 23.9. The third-order valence-electron chi connectivity index (χ3n) is 2.97. The van der Waals surface area contributed by atoms with E-state index in [0.29, 0.717) is 5.76 Å². The van der Waals surface area contributed by atoms with Crippen molar-refractivity contribution in [1.29, 1.82) is 0 Å². The van der Waals surface area contributed by atoms with E-state index in [1.165, 1.54) is 0 Å². The molecule has 2 unspecified atom stereocenters. The third-order valence-corrected chi connectivity index (χ3v) is 2.97. The van der Waals surface area contributed by atoms with Crippen LogP contribution in [0, 0.1) is 12.3 Å². The highest BCUT2D eigenvalue weighted by atomic mass is 16.3. The number of rotatable bonds is 4. The molecule has 2 N–H and O–H groups in total. The Kier molecular flexibility index (Phi) is 4.98. The van der Waals surface area contributed by atoms with Gasteiger partial charge in [-0.2, -0.15) is 0 Å². The molecule has 2 atom stereocenters. The van der Waals surface area contributed by atoms with Crippen molar-refractivity contribution < 1.29 is 14.0 Å². The van der Waals surface area contributed by atoms with Gasteiger partial charge in [0, 0.05) is 5.41 Å². The Morgan fingerprint density at radius 2 is 1.75 bits per heavy atom. The molecule has 1 rings (SSSR count). The molecule has 1 aromatic heterocycles. The number of carbonyl (C=O) groups is 2. The topological polar surface area (TPSA) is 71.3 Å². The van der Waals surface area contributed by atoms with Gasteiger partial charge in [0.05, 0.1) is 6.04 Å². The average Bonchev–Trinajstić information content (AvgIpc) is 2.74. The van der Waals surface area contributed by atoms with E-state index in [2.05, 4.69) is 10.6 Å². The van der Waals surface area contributed by atoms with Crippen LogP contribution in [0.25, 0.3) is 0 Å². The van der Waals surface area contributed by atoms with Crippen molar-refractivity contribution in [2.45, 2.75) is 53.6 Å². The summed E-state index contributed by atoms with van der Waals surface area (Å²) in [6.07, 6.45) is 0. The predicted octanol–water partition coefficient (Wildman–Crippen LogP) is 2.32. The minimum absolute atomic E-state index is 0.151. The highest BCUT2D eigenvalue weighted by molar-refractivity contribution is 5.89. The number of furan rings is 1. The van der Waals surface area contributed by atoms with Gasteiger partial charge in [-0.25, -0.2) is 0 Å². The van der Waals surface area contributed by atoms with E-state index in [0.717, 1.165) is 5.76 Å². The maximum Gasteiger partial charge on any atom is 0.242 e. The Labute approximate surface area is 120 Å². The lowest BCUT2D eigenvalue weighted by molar-refractivity contribution is -0.133. The number of aryl methyl sites for hydroxylation is 1. The highest BCUT2D eigenvalue weighted by Crippen LogP contribution is 2.16. The molecule has 0 spiro atoms. The summed E-state index contributed by atoms with van der Waals surface area (Å²) >= 11 is 0. The maximum absolute atomic E-state index is 12.0. The fourth-order valence-corrected chi connectivity index (χ4v) is 1.57. The van der Waals surface area contributed by atoms with Gasteiger partial charge in [-0.1, -0.05) is 20.8 Å². The molecule has 0 radical (unpaired) electrons. The zero-order chi connectivity index (χ0) is 15.5.